The summed E-state index contributed by atoms with van der Waals surface area (Å²) in [7, 11) is 0. The summed E-state index contributed by atoms with van der Waals surface area (Å²) in [6.07, 6.45) is -0.138. The molecular formula is C36H38N6O3. The van der Waals surface area contributed by atoms with E-state index in [-0.39, 0.29) is 12.3 Å². The van der Waals surface area contributed by atoms with E-state index in [1.54, 1.807) is 25.5 Å². The van der Waals surface area contributed by atoms with Gasteiger partial charge in [-0.25, -0.2) is 9.48 Å². The van der Waals surface area contributed by atoms with Crippen molar-refractivity contribution in [3.8, 4) is 0 Å². The van der Waals surface area contributed by atoms with Crippen molar-refractivity contribution >= 4 is 12.0 Å². The fourth-order valence-corrected chi connectivity index (χ4v) is 5.38. The summed E-state index contributed by atoms with van der Waals surface area (Å²) < 4.78 is 7.19. The van der Waals surface area contributed by atoms with E-state index in [4.69, 9.17) is 4.74 Å². The first-order valence-corrected chi connectivity index (χ1v) is 15.0. The number of ether oxygens (including phenoxy) is 1. The Morgan fingerprint density at radius 1 is 0.756 bits per heavy atom. The molecule has 1 atom stereocenters. The number of amides is 2. The number of hydrogen-bond donors (Lipinski definition) is 2. The second kappa shape index (κ2) is 14.0. The standard InChI is InChI=1S/C36H38N6O3/c1-35(2,3)45-34(44)37-31(33-39-40-41-42(33)25-24-27-16-8-4-9-17-27)26-32(43)38-36(28-18-10-5-11-19-28,29-20-12-6-13-21-29)30-22-14-7-15-23-30/h4-23,31H,24-26H2,1-3H3,(H,37,44)(H,38,43)/t31-/m1/s1. The minimum atomic E-state index is -1.02. The van der Waals surface area contributed by atoms with Gasteiger partial charge >= 0.3 is 6.09 Å². The van der Waals surface area contributed by atoms with Crippen molar-refractivity contribution in [1.82, 2.24) is 30.8 Å². The molecule has 0 saturated carbocycles. The van der Waals surface area contributed by atoms with Crippen LogP contribution in [0.3, 0.4) is 0 Å². The molecule has 0 fully saturated rings. The fraction of sp³-hybridized carbons (Fsp3) is 0.250. The van der Waals surface area contributed by atoms with E-state index >= 15 is 0 Å². The summed E-state index contributed by atoms with van der Waals surface area (Å²) in [5.74, 6) is 0.0434. The van der Waals surface area contributed by atoms with Gasteiger partial charge < -0.3 is 15.4 Å². The number of aryl methyl sites for hydroxylation is 2. The average molecular weight is 603 g/mol. The maximum Gasteiger partial charge on any atom is 0.408 e. The van der Waals surface area contributed by atoms with Crippen molar-refractivity contribution in [3.05, 3.63) is 149 Å². The van der Waals surface area contributed by atoms with Crippen LogP contribution < -0.4 is 10.6 Å². The molecule has 4 aromatic carbocycles. The highest BCUT2D eigenvalue weighted by Gasteiger charge is 2.39. The molecule has 0 spiro atoms. The van der Waals surface area contributed by atoms with Crippen LogP contribution >= 0.6 is 0 Å². The molecule has 230 valence electrons. The molecule has 0 bridgehead atoms. The van der Waals surface area contributed by atoms with E-state index in [0.717, 1.165) is 22.3 Å². The first kappa shape index (κ1) is 31.1. The topological polar surface area (TPSA) is 111 Å². The summed E-state index contributed by atoms with van der Waals surface area (Å²) in [6.45, 7) is 5.81. The molecule has 0 saturated heterocycles. The highest BCUT2D eigenvalue weighted by molar-refractivity contribution is 5.80. The lowest BCUT2D eigenvalue weighted by Crippen LogP contribution is -2.49. The molecule has 0 unspecified atom stereocenters. The maximum absolute atomic E-state index is 14.3. The van der Waals surface area contributed by atoms with Crippen LogP contribution in [0.15, 0.2) is 121 Å². The maximum atomic E-state index is 14.3. The zero-order valence-corrected chi connectivity index (χ0v) is 25.8. The molecule has 1 heterocycles. The smallest absolute Gasteiger partial charge is 0.408 e. The fourth-order valence-electron chi connectivity index (χ4n) is 5.38. The molecule has 5 rings (SSSR count). The second-order valence-electron chi connectivity index (χ2n) is 11.8. The number of carbonyl (C=O) groups is 2. The van der Waals surface area contributed by atoms with Crippen LogP contribution in [0.5, 0.6) is 0 Å². The molecule has 0 radical (unpaired) electrons. The van der Waals surface area contributed by atoms with Crippen LogP contribution in [0.25, 0.3) is 0 Å². The lowest BCUT2D eigenvalue weighted by molar-refractivity contribution is -0.122. The quantitative estimate of drug-likeness (QED) is 0.180. The van der Waals surface area contributed by atoms with E-state index in [1.807, 2.05) is 121 Å². The number of carbonyl (C=O) groups excluding carboxylic acids is 2. The van der Waals surface area contributed by atoms with Gasteiger partial charge in [-0.3, -0.25) is 4.79 Å². The van der Waals surface area contributed by atoms with Crippen LogP contribution in [0, 0.1) is 0 Å². The van der Waals surface area contributed by atoms with E-state index < -0.39 is 23.3 Å². The Morgan fingerprint density at radius 3 is 1.73 bits per heavy atom. The normalized spacial score (nSPS) is 12.2. The van der Waals surface area contributed by atoms with Gasteiger partial charge in [-0.1, -0.05) is 121 Å². The van der Waals surface area contributed by atoms with Gasteiger partial charge in [0.05, 0.1) is 6.42 Å². The van der Waals surface area contributed by atoms with Crippen molar-refractivity contribution in [2.75, 3.05) is 0 Å². The highest BCUT2D eigenvalue weighted by Crippen LogP contribution is 2.37. The van der Waals surface area contributed by atoms with Crippen molar-refractivity contribution in [2.45, 2.75) is 57.3 Å². The van der Waals surface area contributed by atoms with Crippen LogP contribution in [0.4, 0.5) is 4.79 Å². The highest BCUT2D eigenvalue weighted by atomic mass is 16.6. The number of rotatable bonds is 11. The van der Waals surface area contributed by atoms with Gasteiger partial charge in [0.1, 0.15) is 17.2 Å². The third-order valence-electron chi connectivity index (χ3n) is 7.35. The number of alkyl carbamates (subject to hydrolysis) is 1. The van der Waals surface area contributed by atoms with Crippen molar-refractivity contribution in [3.63, 3.8) is 0 Å². The first-order chi connectivity index (χ1) is 21.7. The second-order valence-corrected chi connectivity index (χ2v) is 11.8. The molecule has 5 aromatic rings. The number of tetrazole rings is 1. The minimum Gasteiger partial charge on any atom is -0.444 e. The number of aromatic nitrogens is 4. The van der Waals surface area contributed by atoms with Crippen LogP contribution in [-0.2, 0) is 28.0 Å². The lowest BCUT2D eigenvalue weighted by atomic mass is 9.77. The van der Waals surface area contributed by atoms with E-state index in [9.17, 15) is 9.59 Å². The SMILES string of the molecule is CC(C)(C)OC(=O)N[C@H](CC(=O)NC(c1ccccc1)(c1ccccc1)c1ccccc1)c1nnnn1CCc1ccccc1. The summed E-state index contributed by atoms with van der Waals surface area (Å²) in [5.41, 5.74) is 2.03. The minimum absolute atomic E-state index is 0.140. The Kier molecular flexibility index (Phi) is 9.67. The molecule has 0 aliphatic carbocycles. The molecule has 9 nitrogen and oxygen atoms in total. The largest absolute Gasteiger partial charge is 0.444 e. The molecule has 2 N–H and O–H groups in total. The number of nitrogens with one attached hydrogen (secondary N) is 2. The summed E-state index contributed by atoms with van der Waals surface area (Å²) in [4.78, 5) is 27.3. The van der Waals surface area contributed by atoms with Gasteiger partial charge in [-0.2, -0.15) is 0 Å². The molecule has 2 amide bonds. The zero-order valence-electron chi connectivity index (χ0n) is 25.8. The van der Waals surface area contributed by atoms with E-state index in [2.05, 4.69) is 26.2 Å². The molecular weight excluding hydrogens is 564 g/mol. The van der Waals surface area contributed by atoms with Crippen molar-refractivity contribution < 1.29 is 14.3 Å². The van der Waals surface area contributed by atoms with Gasteiger partial charge in [0, 0.05) is 6.54 Å². The Morgan fingerprint density at radius 2 is 1.24 bits per heavy atom. The summed E-state index contributed by atoms with van der Waals surface area (Å²) in [6, 6.07) is 38.7. The Bertz CT molecular complexity index is 1570. The van der Waals surface area contributed by atoms with E-state index in [0.29, 0.717) is 18.8 Å². The number of hydrogen-bond acceptors (Lipinski definition) is 6. The summed E-state index contributed by atoms with van der Waals surface area (Å²) >= 11 is 0. The average Bonchev–Trinajstić information content (AvgIpc) is 3.52. The number of nitrogens with zero attached hydrogens (tertiary/aromatic N) is 4. The lowest BCUT2D eigenvalue weighted by Gasteiger charge is -2.37. The molecule has 45 heavy (non-hydrogen) atoms. The monoisotopic (exact) mass is 602 g/mol. The predicted octanol–water partition coefficient (Wildman–Crippen LogP) is 5.98. The van der Waals surface area contributed by atoms with Gasteiger partial charge in [-0.15, -0.1) is 5.10 Å². The third kappa shape index (κ3) is 7.80. The Hall–Kier alpha value is -5.31. The third-order valence-corrected chi connectivity index (χ3v) is 7.35. The number of benzene rings is 4. The Labute approximate surface area is 263 Å². The van der Waals surface area contributed by atoms with Crippen LogP contribution in [-0.4, -0.2) is 37.8 Å². The summed E-state index contributed by atoms with van der Waals surface area (Å²) in [5, 5.41) is 18.6. The van der Waals surface area contributed by atoms with Gasteiger partial charge in [0.2, 0.25) is 5.91 Å². The Balaban J connectivity index is 1.50. The van der Waals surface area contributed by atoms with Gasteiger partial charge in [0.15, 0.2) is 5.82 Å². The van der Waals surface area contributed by atoms with Crippen molar-refractivity contribution in [2.24, 2.45) is 0 Å². The van der Waals surface area contributed by atoms with Gasteiger partial charge in [0.25, 0.3) is 0 Å². The van der Waals surface area contributed by atoms with Crippen LogP contribution in [0.2, 0.25) is 0 Å². The van der Waals surface area contributed by atoms with Crippen molar-refractivity contribution in [1.29, 1.82) is 0 Å². The van der Waals surface area contributed by atoms with E-state index in [1.165, 1.54) is 0 Å². The molecule has 0 aliphatic rings. The zero-order chi connectivity index (χ0) is 31.7. The predicted molar refractivity (Wildman–Crippen MR) is 172 cm³/mol. The molecule has 9 heteroatoms. The first-order valence-electron chi connectivity index (χ1n) is 15.0. The molecule has 0 aliphatic heterocycles. The van der Waals surface area contributed by atoms with Crippen LogP contribution in [0.1, 0.15) is 61.3 Å². The molecule has 1 aromatic heterocycles. The van der Waals surface area contributed by atoms with Gasteiger partial charge in [-0.05, 0) is 59.9 Å².